The van der Waals surface area contributed by atoms with E-state index in [1.165, 1.54) is 26.5 Å². The van der Waals surface area contributed by atoms with Gasteiger partial charge in [0, 0.05) is 11.8 Å². The van der Waals surface area contributed by atoms with Crippen molar-refractivity contribution in [3.63, 3.8) is 0 Å². The number of methoxy groups -OCH3 is 2. The van der Waals surface area contributed by atoms with Gasteiger partial charge in [-0.25, -0.2) is 0 Å². The highest BCUT2D eigenvalue weighted by Gasteiger charge is 2.15. The van der Waals surface area contributed by atoms with Gasteiger partial charge in [0.25, 0.3) is 10.0 Å². The summed E-state index contributed by atoms with van der Waals surface area (Å²) < 4.78 is 38.0. The molecule has 0 aliphatic heterocycles. The molecule has 0 unspecified atom stereocenters. The summed E-state index contributed by atoms with van der Waals surface area (Å²) >= 11 is 7.26. The largest absolute Gasteiger partial charge is 0.493 e. The van der Waals surface area contributed by atoms with E-state index in [4.69, 9.17) is 21.1 Å². The molecule has 21 heavy (non-hydrogen) atoms. The van der Waals surface area contributed by atoms with Gasteiger partial charge in [-0.1, -0.05) is 17.7 Å². The third kappa shape index (κ3) is 3.37. The first-order chi connectivity index (χ1) is 9.99. The number of rotatable bonds is 5. The second-order valence-corrected chi connectivity index (χ2v) is 7.03. The maximum atomic E-state index is 12.0. The molecule has 0 amide bonds. The zero-order valence-electron chi connectivity index (χ0n) is 11.2. The van der Waals surface area contributed by atoms with Crippen LogP contribution >= 0.6 is 22.9 Å². The standard InChI is InChI=1S/C13H12ClNO4S2/c1-18-10-6-5-9(12(14)13(10)19-2)8-15-21(16,17)11-4-3-7-20-11/h3-8H,1-2H3/b15-8-. The summed E-state index contributed by atoms with van der Waals surface area (Å²) in [5, 5.41) is 1.91. The average molecular weight is 346 g/mol. The van der Waals surface area contributed by atoms with Crippen molar-refractivity contribution in [3.8, 4) is 11.5 Å². The van der Waals surface area contributed by atoms with E-state index in [2.05, 4.69) is 4.40 Å². The third-order valence-electron chi connectivity index (χ3n) is 2.59. The van der Waals surface area contributed by atoms with Crippen LogP contribution in [-0.2, 0) is 10.0 Å². The number of thiophene rings is 1. The number of hydrogen-bond acceptors (Lipinski definition) is 5. The minimum atomic E-state index is -3.71. The minimum Gasteiger partial charge on any atom is -0.493 e. The van der Waals surface area contributed by atoms with Gasteiger partial charge < -0.3 is 9.47 Å². The fourth-order valence-electron chi connectivity index (χ4n) is 1.59. The van der Waals surface area contributed by atoms with E-state index in [1.807, 2.05) is 0 Å². The Bertz CT molecular complexity index is 755. The Morgan fingerprint density at radius 1 is 1.24 bits per heavy atom. The summed E-state index contributed by atoms with van der Waals surface area (Å²) in [6.07, 6.45) is 1.19. The summed E-state index contributed by atoms with van der Waals surface area (Å²) in [6, 6.07) is 6.38. The van der Waals surface area contributed by atoms with E-state index >= 15 is 0 Å². The second kappa shape index (κ2) is 6.46. The molecule has 0 fully saturated rings. The maximum Gasteiger partial charge on any atom is 0.291 e. The molecule has 0 N–H and O–H groups in total. The maximum absolute atomic E-state index is 12.0. The molecule has 1 aromatic carbocycles. The van der Waals surface area contributed by atoms with Crippen molar-refractivity contribution in [1.82, 2.24) is 0 Å². The highest BCUT2D eigenvalue weighted by atomic mass is 35.5. The highest BCUT2D eigenvalue weighted by molar-refractivity contribution is 7.92. The van der Waals surface area contributed by atoms with Gasteiger partial charge in [0.05, 0.1) is 19.2 Å². The fourth-order valence-corrected chi connectivity index (χ4v) is 3.71. The van der Waals surface area contributed by atoms with Crippen molar-refractivity contribution in [2.24, 2.45) is 4.40 Å². The first-order valence-corrected chi connectivity index (χ1v) is 8.43. The van der Waals surface area contributed by atoms with Crippen LogP contribution in [0.2, 0.25) is 5.02 Å². The van der Waals surface area contributed by atoms with E-state index in [0.717, 1.165) is 11.3 Å². The first-order valence-electron chi connectivity index (χ1n) is 5.74. The molecule has 2 rings (SSSR count). The van der Waals surface area contributed by atoms with Crippen LogP contribution in [0.4, 0.5) is 0 Å². The lowest BCUT2D eigenvalue weighted by atomic mass is 10.2. The average Bonchev–Trinajstić information content (AvgIpc) is 3.00. The Kier molecular flexibility index (Phi) is 4.87. The molecule has 0 saturated heterocycles. The summed E-state index contributed by atoms with van der Waals surface area (Å²) in [5.74, 6) is 0.789. The molecular formula is C13H12ClNO4S2. The van der Waals surface area contributed by atoms with Gasteiger partial charge in [-0.2, -0.15) is 12.8 Å². The third-order valence-corrected chi connectivity index (χ3v) is 5.59. The molecule has 2 aromatic rings. The van der Waals surface area contributed by atoms with Gasteiger partial charge in [-0.05, 0) is 23.6 Å². The monoisotopic (exact) mass is 345 g/mol. The van der Waals surface area contributed by atoms with Crippen LogP contribution in [0.5, 0.6) is 11.5 Å². The van der Waals surface area contributed by atoms with Crippen molar-refractivity contribution >= 4 is 39.2 Å². The van der Waals surface area contributed by atoms with Gasteiger partial charge in [-0.3, -0.25) is 0 Å². The Morgan fingerprint density at radius 3 is 2.57 bits per heavy atom. The molecule has 0 bridgehead atoms. The lowest BCUT2D eigenvalue weighted by Gasteiger charge is -2.10. The van der Waals surface area contributed by atoms with Crippen LogP contribution in [0.15, 0.2) is 38.3 Å². The first kappa shape index (κ1) is 15.8. The minimum absolute atomic E-state index is 0.176. The number of nitrogens with zero attached hydrogens (tertiary/aromatic N) is 1. The van der Waals surface area contributed by atoms with Crippen LogP contribution < -0.4 is 9.47 Å². The predicted octanol–water partition coefficient (Wildman–Crippen LogP) is 3.23. The van der Waals surface area contributed by atoms with Crippen molar-refractivity contribution in [3.05, 3.63) is 40.2 Å². The fraction of sp³-hybridized carbons (Fsp3) is 0.154. The van der Waals surface area contributed by atoms with Crippen molar-refractivity contribution in [2.75, 3.05) is 14.2 Å². The summed E-state index contributed by atoms with van der Waals surface area (Å²) in [7, 11) is -0.769. The molecule has 8 heteroatoms. The summed E-state index contributed by atoms with van der Waals surface area (Å²) in [4.78, 5) is 0. The number of ether oxygens (including phenoxy) is 2. The zero-order valence-corrected chi connectivity index (χ0v) is 13.6. The van der Waals surface area contributed by atoms with E-state index in [1.54, 1.807) is 23.6 Å². The molecular weight excluding hydrogens is 334 g/mol. The highest BCUT2D eigenvalue weighted by Crippen LogP contribution is 2.36. The second-order valence-electron chi connectivity index (χ2n) is 3.85. The Hall–Kier alpha value is -1.57. The van der Waals surface area contributed by atoms with Crippen molar-refractivity contribution in [1.29, 1.82) is 0 Å². The molecule has 0 saturated carbocycles. The lowest BCUT2D eigenvalue weighted by Crippen LogP contribution is -1.97. The number of hydrogen-bond donors (Lipinski definition) is 0. The van der Waals surface area contributed by atoms with Crippen LogP contribution in [0.1, 0.15) is 5.56 Å². The molecule has 0 aliphatic rings. The van der Waals surface area contributed by atoms with Crippen molar-refractivity contribution in [2.45, 2.75) is 4.21 Å². The topological polar surface area (TPSA) is 65.0 Å². The molecule has 0 spiro atoms. The molecule has 0 radical (unpaired) electrons. The lowest BCUT2D eigenvalue weighted by molar-refractivity contribution is 0.355. The van der Waals surface area contributed by atoms with E-state index in [-0.39, 0.29) is 9.23 Å². The van der Waals surface area contributed by atoms with E-state index < -0.39 is 10.0 Å². The summed E-state index contributed by atoms with van der Waals surface area (Å²) in [6.45, 7) is 0. The van der Waals surface area contributed by atoms with E-state index in [9.17, 15) is 8.42 Å². The molecule has 1 aromatic heterocycles. The number of benzene rings is 1. The zero-order chi connectivity index (χ0) is 15.5. The van der Waals surface area contributed by atoms with Gasteiger partial charge in [0.1, 0.15) is 4.21 Å². The van der Waals surface area contributed by atoms with Crippen molar-refractivity contribution < 1.29 is 17.9 Å². The Morgan fingerprint density at radius 2 is 2.00 bits per heavy atom. The normalized spacial score (nSPS) is 11.8. The smallest absolute Gasteiger partial charge is 0.291 e. The van der Waals surface area contributed by atoms with Crippen LogP contribution in [-0.4, -0.2) is 28.9 Å². The Labute approximate surface area is 131 Å². The molecule has 0 atom stereocenters. The molecule has 0 aliphatic carbocycles. The molecule has 5 nitrogen and oxygen atoms in total. The molecule has 112 valence electrons. The van der Waals surface area contributed by atoms with Gasteiger partial charge in [0.15, 0.2) is 11.5 Å². The Balaban J connectivity index is 2.39. The quantitative estimate of drug-likeness (QED) is 0.780. The van der Waals surface area contributed by atoms with E-state index in [0.29, 0.717) is 17.1 Å². The SMILES string of the molecule is COc1ccc(/C=N\S(=O)(=O)c2cccs2)c(Cl)c1OC. The van der Waals surface area contributed by atoms with Crippen LogP contribution in [0.25, 0.3) is 0 Å². The van der Waals surface area contributed by atoms with Gasteiger partial charge >= 0.3 is 0 Å². The summed E-state index contributed by atoms with van der Waals surface area (Å²) in [5.41, 5.74) is 0.425. The van der Waals surface area contributed by atoms with Crippen LogP contribution in [0.3, 0.4) is 0 Å². The van der Waals surface area contributed by atoms with Crippen LogP contribution in [0, 0.1) is 0 Å². The number of sulfonamides is 1. The predicted molar refractivity (Wildman–Crippen MR) is 83.7 cm³/mol. The number of halogens is 1. The van der Waals surface area contributed by atoms with Gasteiger partial charge in [-0.15, -0.1) is 11.3 Å². The molecule has 1 heterocycles. The van der Waals surface area contributed by atoms with Gasteiger partial charge in [0.2, 0.25) is 0 Å².